The third-order valence-corrected chi connectivity index (χ3v) is 8.43. The second-order valence-electron chi connectivity index (χ2n) is 13.0. The number of anilines is 1. The van der Waals surface area contributed by atoms with E-state index in [4.69, 9.17) is 24.3 Å². The molecule has 1 fully saturated rings. The van der Waals surface area contributed by atoms with Crippen LogP contribution in [0.15, 0.2) is 91.0 Å². The number of carbonyl (C=O) groups is 1. The summed E-state index contributed by atoms with van der Waals surface area (Å²) >= 11 is 0. The topological polar surface area (TPSA) is 82.0 Å². The molecule has 9 nitrogen and oxygen atoms in total. The lowest BCUT2D eigenvalue weighted by molar-refractivity contribution is 0.0201. The van der Waals surface area contributed by atoms with Gasteiger partial charge in [0.2, 0.25) is 11.8 Å². The summed E-state index contributed by atoms with van der Waals surface area (Å²) in [5, 5.41) is 5.96. The second kappa shape index (κ2) is 13.7. The average molecular weight is 634 g/mol. The smallest absolute Gasteiger partial charge is 0.410 e. The van der Waals surface area contributed by atoms with E-state index in [2.05, 4.69) is 23.1 Å². The van der Waals surface area contributed by atoms with Crippen LogP contribution in [-0.2, 0) is 25.0 Å². The summed E-state index contributed by atoms with van der Waals surface area (Å²) in [5.74, 6) is 0.962. The highest BCUT2D eigenvalue weighted by atomic mass is 16.6. The van der Waals surface area contributed by atoms with Gasteiger partial charge in [-0.15, -0.1) is 0 Å². The summed E-state index contributed by atoms with van der Waals surface area (Å²) < 4.78 is 19.9. The molecular weight excluding hydrogens is 590 g/mol. The number of nitrogens with zero attached hydrogens (tertiary/aromatic N) is 5. The minimum absolute atomic E-state index is 0.148. The number of benzene rings is 3. The molecule has 1 amide bonds. The van der Waals surface area contributed by atoms with Crippen LogP contribution in [0.3, 0.4) is 0 Å². The third kappa shape index (κ3) is 7.68. The fourth-order valence-corrected chi connectivity index (χ4v) is 5.89. The number of carbonyl (C=O) groups excluding carboxylic acids is 1. The van der Waals surface area contributed by atoms with Gasteiger partial charge in [-0.3, -0.25) is 4.68 Å². The van der Waals surface area contributed by atoms with Crippen LogP contribution in [0.25, 0.3) is 22.2 Å². The van der Waals surface area contributed by atoms with Crippen LogP contribution in [0, 0.1) is 0 Å². The Balaban J connectivity index is 1.22. The number of amides is 1. The van der Waals surface area contributed by atoms with Crippen molar-refractivity contribution in [3.05, 3.63) is 102 Å². The molecule has 0 atom stereocenters. The Bertz CT molecular complexity index is 1810. The first-order chi connectivity index (χ1) is 22.6. The van der Waals surface area contributed by atoms with Crippen molar-refractivity contribution >= 4 is 22.7 Å². The standard InChI is InChI=1S/C38H43N5O4/c1-38(2,3)47-37(44)41(4)29-20-22-43(23-21-29)30-16-17-31-33(24-30)42(5)40-35(31)32-18-19-34(45-25-27-12-8-6-9-13-27)39-36(32)46-26-28-14-10-7-11-15-28/h6-19,24,29H,20-23,25-26H2,1-5H3. The van der Waals surface area contributed by atoms with Crippen molar-refractivity contribution in [2.45, 2.75) is 58.5 Å². The Morgan fingerprint density at radius 1 is 0.872 bits per heavy atom. The molecule has 1 aliphatic rings. The lowest BCUT2D eigenvalue weighted by Crippen LogP contribution is -2.47. The fraction of sp³-hybridized carbons (Fsp3) is 0.342. The lowest BCUT2D eigenvalue weighted by atomic mass is 10.0. The van der Waals surface area contributed by atoms with Gasteiger partial charge < -0.3 is 24.0 Å². The van der Waals surface area contributed by atoms with E-state index in [1.54, 1.807) is 4.90 Å². The second-order valence-corrected chi connectivity index (χ2v) is 13.0. The van der Waals surface area contributed by atoms with Gasteiger partial charge in [-0.1, -0.05) is 60.7 Å². The van der Waals surface area contributed by atoms with Crippen LogP contribution < -0.4 is 14.4 Å². The molecular formula is C38H43N5O4. The maximum absolute atomic E-state index is 12.6. The van der Waals surface area contributed by atoms with E-state index in [1.807, 2.05) is 112 Å². The molecule has 6 rings (SSSR count). The van der Waals surface area contributed by atoms with Gasteiger partial charge in [0.05, 0.1) is 11.1 Å². The Kier molecular flexibility index (Phi) is 9.33. The fourth-order valence-electron chi connectivity index (χ4n) is 5.89. The van der Waals surface area contributed by atoms with Crippen molar-refractivity contribution in [1.82, 2.24) is 19.7 Å². The molecule has 3 aromatic carbocycles. The van der Waals surface area contributed by atoms with Gasteiger partial charge >= 0.3 is 6.09 Å². The van der Waals surface area contributed by atoms with Gasteiger partial charge in [0, 0.05) is 50.4 Å². The van der Waals surface area contributed by atoms with Crippen LogP contribution in [0.1, 0.15) is 44.7 Å². The molecule has 0 radical (unpaired) electrons. The predicted molar refractivity (Wildman–Crippen MR) is 185 cm³/mol. The van der Waals surface area contributed by atoms with Crippen molar-refractivity contribution in [1.29, 1.82) is 0 Å². The van der Waals surface area contributed by atoms with Crippen LogP contribution in [0.5, 0.6) is 11.8 Å². The highest BCUT2D eigenvalue weighted by Gasteiger charge is 2.29. The molecule has 0 spiro atoms. The minimum Gasteiger partial charge on any atom is -0.473 e. The Hall–Kier alpha value is -5.05. The summed E-state index contributed by atoms with van der Waals surface area (Å²) in [7, 11) is 3.80. The number of hydrogen-bond donors (Lipinski definition) is 0. The molecule has 1 aliphatic heterocycles. The zero-order valence-electron chi connectivity index (χ0n) is 27.8. The molecule has 0 bridgehead atoms. The van der Waals surface area contributed by atoms with E-state index in [1.165, 1.54) is 0 Å². The highest BCUT2D eigenvalue weighted by molar-refractivity contribution is 5.96. The summed E-state index contributed by atoms with van der Waals surface area (Å²) in [4.78, 5) is 21.5. The lowest BCUT2D eigenvalue weighted by Gasteiger charge is -2.38. The first kappa shape index (κ1) is 31.9. The third-order valence-electron chi connectivity index (χ3n) is 8.43. The van der Waals surface area contributed by atoms with E-state index in [-0.39, 0.29) is 12.1 Å². The molecule has 0 unspecified atom stereocenters. The number of rotatable bonds is 9. The predicted octanol–water partition coefficient (Wildman–Crippen LogP) is 7.63. The molecule has 244 valence electrons. The van der Waals surface area contributed by atoms with E-state index in [0.717, 1.165) is 64.9 Å². The quantitative estimate of drug-likeness (QED) is 0.165. The Morgan fingerprint density at radius 3 is 2.15 bits per heavy atom. The SMILES string of the molecule is CN(C(=O)OC(C)(C)C)C1CCN(c2ccc3c(-c4ccc(OCc5ccccc5)nc4OCc4ccccc4)nn(C)c3c2)CC1. The number of fused-ring (bicyclic) bond motifs is 1. The van der Waals surface area contributed by atoms with Crippen LogP contribution in [0.4, 0.5) is 10.5 Å². The monoisotopic (exact) mass is 633 g/mol. The van der Waals surface area contributed by atoms with E-state index in [9.17, 15) is 4.79 Å². The number of aromatic nitrogens is 3. The molecule has 1 saturated heterocycles. The largest absolute Gasteiger partial charge is 0.473 e. The first-order valence-corrected chi connectivity index (χ1v) is 16.2. The zero-order valence-corrected chi connectivity index (χ0v) is 27.8. The molecule has 2 aromatic heterocycles. The van der Waals surface area contributed by atoms with Gasteiger partial charge in [-0.05, 0) is 69.0 Å². The Morgan fingerprint density at radius 2 is 1.51 bits per heavy atom. The van der Waals surface area contributed by atoms with Gasteiger partial charge in [0.1, 0.15) is 24.5 Å². The number of pyridine rings is 1. The van der Waals surface area contributed by atoms with Crippen LogP contribution in [0.2, 0.25) is 0 Å². The van der Waals surface area contributed by atoms with Gasteiger partial charge in [0.25, 0.3) is 0 Å². The molecule has 0 aliphatic carbocycles. The molecule has 5 aromatic rings. The molecule has 9 heteroatoms. The van der Waals surface area contributed by atoms with Gasteiger partial charge in [0.15, 0.2) is 0 Å². The average Bonchev–Trinajstić information content (AvgIpc) is 3.41. The minimum atomic E-state index is -0.507. The van der Waals surface area contributed by atoms with Crippen molar-refractivity contribution in [3.63, 3.8) is 0 Å². The van der Waals surface area contributed by atoms with Crippen molar-refractivity contribution in [2.75, 3.05) is 25.0 Å². The normalized spacial score (nSPS) is 13.9. The number of piperidine rings is 1. The van der Waals surface area contributed by atoms with E-state index < -0.39 is 5.60 Å². The van der Waals surface area contributed by atoms with Crippen LogP contribution in [-0.4, -0.2) is 57.5 Å². The van der Waals surface area contributed by atoms with E-state index in [0.29, 0.717) is 25.0 Å². The van der Waals surface area contributed by atoms with Gasteiger partial charge in [-0.2, -0.15) is 10.1 Å². The summed E-state index contributed by atoms with van der Waals surface area (Å²) in [6, 6.07) is 30.6. The summed E-state index contributed by atoms with van der Waals surface area (Å²) in [6.07, 6.45) is 1.48. The molecule has 0 saturated carbocycles. The summed E-state index contributed by atoms with van der Waals surface area (Å²) in [5.41, 5.74) is 5.36. The van der Waals surface area contributed by atoms with Crippen LogP contribution >= 0.6 is 0 Å². The first-order valence-electron chi connectivity index (χ1n) is 16.2. The van der Waals surface area contributed by atoms with Gasteiger partial charge in [-0.25, -0.2) is 4.79 Å². The number of hydrogen-bond acceptors (Lipinski definition) is 7. The molecule has 3 heterocycles. The maximum Gasteiger partial charge on any atom is 0.410 e. The van der Waals surface area contributed by atoms with Crippen molar-refractivity contribution in [3.8, 4) is 23.0 Å². The number of aryl methyl sites for hydroxylation is 1. The number of ether oxygens (including phenoxy) is 3. The zero-order chi connectivity index (χ0) is 33.0. The summed E-state index contributed by atoms with van der Waals surface area (Å²) in [6.45, 7) is 8.17. The Labute approximate surface area is 276 Å². The molecule has 0 N–H and O–H groups in total. The van der Waals surface area contributed by atoms with E-state index >= 15 is 0 Å². The van der Waals surface area contributed by atoms with Crippen molar-refractivity contribution < 1.29 is 19.0 Å². The molecule has 47 heavy (non-hydrogen) atoms. The maximum atomic E-state index is 12.6. The van der Waals surface area contributed by atoms with Crippen molar-refractivity contribution in [2.24, 2.45) is 7.05 Å². The highest BCUT2D eigenvalue weighted by Crippen LogP contribution is 2.37.